The normalized spacial score (nSPS) is 15.9. The molecule has 0 nitrogen and oxygen atoms in total. The van der Waals surface area contributed by atoms with Gasteiger partial charge in [-0.3, -0.25) is 0 Å². The molecule has 0 aliphatic rings. The summed E-state index contributed by atoms with van der Waals surface area (Å²) in [4.78, 5) is 0. The van der Waals surface area contributed by atoms with Crippen molar-refractivity contribution in [3.8, 4) is 0 Å². The molecule has 0 spiro atoms. The summed E-state index contributed by atoms with van der Waals surface area (Å²) in [7, 11) is 0. The Bertz CT molecular complexity index is 139. The van der Waals surface area contributed by atoms with Gasteiger partial charge < -0.3 is 0 Å². The van der Waals surface area contributed by atoms with Gasteiger partial charge in [-0.25, -0.2) is 0 Å². The maximum Gasteiger partial charge on any atom is 0.391 e. The molecule has 0 aromatic rings. The molecule has 13 heavy (non-hydrogen) atoms. The Kier molecular flexibility index (Phi) is 4.27. The van der Waals surface area contributed by atoms with E-state index in [2.05, 4.69) is 0 Å². The third-order valence-electron chi connectivity index (χ3n) is 2.63. The minimum absolute atomic E-state index is 0.0802. The van der Waals surface area contributed by atoms with E-state index in [1.807, 2.05) is 27.7 Å². The zero-order valence-corrected chi connectivity index (χ0v) is 8.94. The van der Waals surface area contributed by atoms with Crippen LogP contribution in [0.4, 0.5) is 13.2 Å². The van der Waals surface area contributed by atoms with Crippen LogP contribution in [0.15, 0.2) is 0 Å². The Labute approximate surface area is 78.5 Å². The minimum Gasteiger partial charge on any atom is -0.171 e. The molecular formula is C10H19F3. The van der Waals surface area contributed by atoms with E-state index in [0.717, 1.165) is 0 Å². The fourth-order valence-electron chi connectivity index (χ4n) is 2.14. The first-order valence-electron chi connectivity index (χ1n) is 4.74. The summed E-state index contributed by atoms with van der Waals surface area (Å²) in [5.41, 5.74) is 0. The molecule has 0 saturated carbocycles. The topological polar surface area (TPSA) is 0 Å². The summed E-state index contributed by atoms with van der Waals surface area (Å²) in [5, 5.41) is 0. The van der Waals surface area contributed by atoms with Crippen molar-refractivity contribution in [3.05, 3.63) is 0 Å². The predicted octanol–water partition coefficient (Wildman–Crippen LogP) is 4.11. The van der Waals surface area contributed by atoms with Crippen LogP contribution in [0.2, 0.25) is 0 Å². The standard InChI is InChI=1S/C10H19F3/c1-6(2)9(7(3)4)8(5)10(11,12)13/h6-9H,1-5H3. The Morgan fingerprint density at radius 1 is 0.769 bits per heavy atom. The Hall–Kier alpha value is -0.210. The van der Waals surface area contributed by atoms with Crippen LogP contribution in [0.25, 0.3) is 0 Å². The van der Waals surface area contributed by atoms with Gasteiger partial charge in [0.05, 0.1) is 5.92 Å². The largest absolute Gasteiger partial charge is 0.391 e. The lowest BCUT2D eigenvalue weighted by molar-refractivity contribution is -0.192. The van der Waals surface area contributed by atoms with Crippen molar-refractivity contribution >= 4 is 0 Å². The molecule has 0 aliphatic heterocycles. The maximum atomic E-state index is 12.4. The molecule has 80 valence electrons. The van der Waals surface area contributed by atoms with Crippen LogP contribution in [-0.4, -0.2) is 6.18 Å². The van der Waals surface area contributed by atoms with E-state index in [4.69, 9.17) is 0 Å². The lowest BCUT2D eigenvalue weighted by Crippen LogP contribution is -2.33. The van der Waals surface area contributed by atoms with E-state index in [0.29, 0.717) is 0 Å². The SMILES string of the molecule is CC(C)C(C(C)C)C(C)C(F)(F)F. The Morgan fingerprint density at radius 3 is 1.15 bits per heavy atom. The van der Waals surface area contributed by atoms with Crippen LogP contribution < -0.4 is 0 Å². The first-order valence-corrected chi connectivity index (χ1v) is 4.74. The lowest BCUT2D eigenvalue weighted by Gasteiger charge is -2.32. The number of alkyl halides is 3. The van der Waals surface area contributed by atoms with Crippen LogP contribution in [0.3, 0.4) is 0 Å². The molecule has 0 fully saturated rings. The second kappa shape index (κ2) is 4.34. The van der Waals surface area contributed by atoms with E-state index < -0.39 is 12.1 Å². The highest BCUT2D eigenvalue weighted by atomic mass is 19.4. The van der Waals surface area contributed by atoms with Gasteiger partial charge in [0.2, 0.25) is 0 Å². The molecule has 0 aliphatic carbocycles. The third kappa shape index (κ3) is 3.57. The fourth-order valence-corrected chi connectivity index (χ4v) is 2.14. The lowest BCUT2D eigenvalue weighted by atomic mass is 9.76. The summed E-state index contributed by atoms with van der Waals surface area (Å²) in [6, 6.07) is 0. The molecule has 0 radical (unpaired) electrons. The van der Waals surface area contributed by atoms with Crippen molar-refractivity contribution in [2.24, 2.45) is 23.7 Å². The second-order valence-corrected chi connectivity index (χ2v) is 4.40. The van der Waals surface area contributed by atoms with Gasteiger partial charge in [-0.1, -0.05) is 34.6 Å². The van der Waals surface area contributed by atoms with Crippen molar-refractivity contribution < 1.29 is 13.2 Å². The van der Waals surface area contributed by atoms with Crippen LogP contribution in [0.5, 0.6) is 0 Å². The maximum absolute atomic E-state index is 12.4. The van der Waals surface area contributed by atoms with E-state index >= 15 is 0 Å². The molecule has 0 N–H and O–H groups in total. The molecule has 0 amide bonds. The zero-order chi connectivity index (χ0) is 10.8. The highest BCUT2D eigenvalue weighted by molar-refractivity contribution is 4.77. The summed E-state index contributed by atoms with van der Waals surface area (Å²) in [6.45, 7) is 8.70. The average Bonchev–Trinajstić information content (AvgIpc) is 1.82. The van der Waals surface area contributed by atoms with E-state index in [1.54, 1.807) is 0 Å². The van der Waals surface area contributed by atoms with Gasteiger partial charge in [0.25, 0.3) is 0 Å². The van der Waals surface area contributed by atoms with Gasteiger partial charge in [-0.2, -0.15) is 13.2 Å². The van der Waals surface area contributed by atoms with Crippen molar-refractivity contribution in [3.63, 3.8) is 0 Å². The molecule has 0 heterocycles. The highest BCUT2D eigenvalue weighted by Gasteiger charge is 2.43. The first kappa shape index (κ1) is 12.8. The molecular weight excluding hydrogens is 177 g/mol. The quantitative estimate of drug-likeness (QED) is 0.637. The molecule has 1 atom stereocenters. The van der Waals surface area contributed by atoms with Gasteiger partial charge in [0, 0.05) is 0 Å². The van der Waals surface area contributed by atoms with Crippen LogP contribution in [0, 0.1) is 23.7 Å². The van der Waals surface area contributed by atoms with Crippen molar-refractivity contribution in [2.45, 2.75) is 40.8 Å². The van der Waals surface area contributed by atoms with E-state index in [9.17, 15) is 13.2 Å². The van der Waals surface area contributed by atoms with E-state index in [-0.39, 0.29) is 17.8 Å². The Morgan fingerprint density at radius 2 is 1.08 bits per heavy atom. The van der Waals surface area contributed by atoms with Crippen molar-refractivity contribution in [2.75, 3.05) is 0 Å². The summed E-state index contributed by atoms with van der Waals surface area (Å²) in [5.74, 6) is -1.32. The number of hydrogen-bond acceptors (Lipinski definition) is 0. The smallest absolute Gasteiger partial charge is 0.171 e. The van der Waals surface area contributed by atoms with Crippen molar-refractivity contribution in [1.29, 1.82) is 0 Å². The molecule has 0 bridgehead atoms. The van der Waals surface area contributed by atoms with Gasteiger partial charge in [0.15, 0.2) is 0 Å². The number of halogens is 3. The molecule has 0 aromatic carbocycles. The van der Waals surface area contributed by atoms with E-state index in [1.165, 1.54) is 6.92 Å². The Balaban J connectivity index is 4.56. The van der Waals surface area contributed by atoms with Crippen LogP contribution in [-0.2, 0) is 0 Å². The summed E-state index contributed by atoms with van der Waals surface area (Å²) >= 11 is 0. The summed E-state index contributed by atoms with van der Waals surface area (Å²) < 4.78 is 37.3. The third-order valence-corrected chi connectivity index (χ3v) is 2.63. The number of rotatable bonds is 3. The molecule has 0 rings (SSSR count). The number of hydrogen-bond donors (Lipinski definition) is 0. The first-order chi connectivity index (χ1) is 5.68. The predicted molar refractivity (Wildman–Crippen MR) is 48.4 cm³/mol. The molecule has 0 aromatic heterocycles. The van der Waals surface area contributed by atoms with Gasteiger partial charge >= 0.3 is 6.18 Å². The minimum atomic E-state index is -4.06. The van der Waals surface area contributed by atoms with Crippen molar-refractivity contribution in [1.82, 2.24) is 0 Å². The molecule has 3 heteroatoms. The fraction of sp³-hybridized carbons (Fsp3) is 1.00. The molecule has 1 unspecified atom stereocenters. The summed E-state index contributed by atoms with van der Waals surface area (Å²) in [6.07, 6.45) is -4.06. The average molecular weight is 196 g/mol. The van der Waals surface area contributed by atoms with Crippen LogP contribution >= 0.6 is 0 Å². The second-order valence-electron chi connectivity index (χ2n) is 4.40. The highest BCUT2D eigenvalue weighted by Crippen LogP contribution is 2.38. The molecule has 0 saturated heterocycles. The van der Waals surface area contributed by atoms with Gasteiger partial charge in [0.1, 0.15) is 0 Å². The monoisotopic (exact) mass is 196 g/mol. The van der Waals surface area contributed by atoms with Gasteiger partial charge in [-0.05, 0) is 17.8 Å². The van der Waals surface area contributed by atoms with Crippen LogP contribution in [0.1, 0.15) is 34.6 Å². The van der Waals surface area contributed by atoms with Gasteiger partial charge in [-0.15, -0.1) is 0 Å². The zero-order valence-electron chi connectivity index (χ0n) is 8.94.